The average Bonchev–Trinajstić information content (AvgIpc) is 2.21. The van der Waals surface area contributed by atoms with E-state index in [1.165, 1.54) is 5.57 Å². The number of hydrogen-bond acceptors (Lipinski definition) is 2. The van der Waals surface area contributed by atoms with Crippen LogP contribution < -0.4 is 0 Å². The minimum Gasteiger partial charge on any atom is -0.544 e. The van der Waals surface area contributed by atoms with Crippen molar-refractivity contribution in [1.82, 2.24) is 0 Å². The number of allylic oxidation sites excluding steroid dienone is 2. The highest BCUT2D eigenvalue weighted by molar-refractivity contribution is 6.76. The molecule has 0 aromatic carbocycles. The summed E-state index contributed by atoms with van der Waals surface area (Å²) in [6, 6.07) is 1.11. The Morgan fingerprint density at radius 2 is 1.65 bits per heavy atom. The summed E-state index contributed by atoms with van der Waals surface area (Å²) >= 11 is 0. The second-order valence-corrected chi connectivity index (χ2v) is 17.4. The van der Waals surface area contributed by atoms with Crippen molar-refractivity contribution in [1.29, 1.82) is 0 Å². The quantitative estimate of drug-likeness (QED) is 0.253. The van der Waals surface area contributed by atoms with E-state index in [2.05, 4.69) is 45.9 Å². The van der Waals surface area contributed by atoms with Gasteiger partial charge in [-0.1, -0.05) is 26.2 Å². The number of ether oxygens (including phenoxy) is 1. The molecule has 116 valence electrons. The van der Waals surface area contributed by atoms with Crippen LogP contribution in [0.15, 0.2) is 35.8 Å². The van der Waals surface area contributed by atoms with Gasteiger partial charge in [-0.2, -0.15) is 0 Å². The SMILES string of the molecule is C=C(CO/C=C(C)/C(=C/C)O[Si](C)(C)C)C[Si](C)(C)C. The Hall–Kier alpha value is -0.746. The highest BCUT2D eigenvalue weighted by Gasteiger charge is 2.18. The van der Waals surface area contributed by atoms with Gasteiger partial charge < -0.3 is 9.16 Å². The van der Waals surface area contributed by atoms with Crippen molar-refractivity contribution < 1.29 is 9.16 Å². The molecule has 0 unspecified atom stereocenters. The summed E-state index contributed by atoms with van der Waals surface area (Å²) < 4.78 is 11.7. The van der Waals surface area contributed by atoms with E-state index in [9.17, 15) is 0 Å². The van der Waals surface area contributed by atoms with Crippen LogP contribution in [0.2, 0.25) is 45.3 Å². The van der Waals surface area contributed by atoms with Crippen molar-refractivity contribution in [3.8, 4) is 0 Å². The summed E-state index contributed by atoms with van der Waals surface area (Å²) in [5, 5.41) is 0. The smallest absolute Gasteiger partial charge is 0.242 e. The molecule has 0 amide bonds. The van der Waals surface area contributed by atoms with Gasteiger partial charge in [-0.05, 0) is 51.2 Å². The predicted molar refractivity (Wildman–Crippen MR) is 95.2 cm³/mol. The Kier molecular flexibility index (Phi) is 7.59. The van der Waals surface area contributed by atoms with Gasteiger partial charge in [0.1, 0.15) is 12.4 Å². The first-order valence-corrected chi connectivity index (χ1v) is 14.4. The van der Waals surface area contributed by atoms with Gasteiger partial charge in [0.25, 0.3) is 0 Å². The first-order valence-electron chi connectivity index (χ1n) is 7.25. The Balaban J connectivity index is 4.42. The van der Waals surface area contributed by atoms with Crippen LogP contribution in [0.5, 0.6) is 0 Å². The lowest BCUT2D eigenvalue weighted by molar-refractivity contribution is 0.275. The van der Waals surface area contributed by atoms with Gasteiger partial charge in [0.15, 0.2) is 0 Å². The fourth-order valence-electron chi connectivity index (χ4n) is 1.84. The molecule has 2 nitrogen and oxygen atoms in total. The molecular weight excluding hydrogens is 280 g/mol. The molecule has 0 radical (unpaired) electrons. The molecule has 0 rings (SSSR count). The maximum absolute atomic E-state index is 6.02. The molecular formula is C16H32O2Si2. The van der Waals surface area contributed by atoms with Crippen molar-refractivity contribution in [3.63, 3.8) is 0 Å². The van der Waals surface area contributed by atoms with Gasteiger partial charge in [-0.15, -0.1) is 0 Å². The van der Waals surface area contributed by atoms with Crippen molar-refractivity contribution >= 4 is 16.4 Å². The molecule has 0 heterocycles. The van der Waals surface area contributed by atoms with E-state index in [0.29, 0.717) is 6.61 Å². The van der Waals surface area contributed by atoms with Crippen LogP contribution in [0.4, 0.5) is 0 Å². The molecule has 0 bridgehead atoms. The zero-order chi connectivity index (χ0) is 16.0. The monoisotopic (exact) mass is 312 g/mol. The Morgan fingerprint density at radius 3 is 2.05 bits per heavy atom. The maximum Gasteiger partial charge on any atom is 0.242 e. The van der Waals surface area contributed by atoms with E-state index in [1.54, 1.807) is 6.26 Å². The van der Waals surface area contributed by atoms with E-state index in [1.807, 2.05) is 19.9 Å². The second-order valence-electron chi connectivity index (χ2n) is 7.47. The third kappa shape index (κ3) is 10.1. The van der Waals surface area contributed by atoms with Crippen LogP contribution >= 0.6 is 0 Å². The summed E-state index contributed by atoms with van der Waals surface area (Å²) in [6.07, 6.45) is 3.80. The van der Waals surface area contributed by atoms with E-state index in [0.717, 1.165) is 17.4 Å². The summed E-state index contributed by atoms with van der Waals surface area (Å²) in [7, 11) is -2.66. The summed E-state index contributed by atoms with van der Waals surface area (Å²) in [5.41, 5.74) is 2.22. The zero-order valence-corrected chi connectivity index (χ0v) is 16.6. The molecule has 0 fully saturated rings. The molecule has 0 aliphatic heterocycles. The highest BCUT2D eigenvalue weighted by Crippen LogP contribution is 2.19. The summed E-state index contributed by atoms with van der Waals surface area (Å²) in [5.74, 6) is 0.931. The first-order chi connectivity index (χ1) is 8.94. The van der Waals surface area contributed by atoms with Crippen molar-refractivity contribution in [2.24, 2.45) is 0 Å². The first kappa shape index (κ1) is 19.3. The van der Waals surface area contributed by atoms with Crippen LogP contribution in [0.1, 0.15) is 13.8 Å². The van der Waals surface area contributed by atoms with Crippen LogP contribution in [0.25, 0.3) is 0 Å². The molecule has 0 aliphatic rings. The van der Waals surface area contributed by atoms with Gasteiger partial charge in [-0.3, -0.25) is 0 Å². The Labute approximate surface area is 127 Å². The molecule has 0 aromatic rings. The standard InChI is InChI=1S/C16H32O2Si2/c1-10-16(18-20(7,8)9)15(3)12-17-11-14(2)13-19(4,5)6/h10,12H,2,11,13H2,1,3-9H3/b15-12+,16-10-. The Bertz CT molecular complexity index is 382. The fraction of sp³-hybridized carbons (Fsp3) is 0.625. The van der Waals surface area contributed by atoms with E-state index in [-0.39, 0.29) is 0 Å². The Morgan fingerprint density at radius 1 is 1.10 bits per heavy atom. The van der Waals surface area contributed by atoms with E-state index < -0.39 is 16.4 Å². The van der Waals surface area contributed by atoms with Crippen molar-refractivity contribution in [3.05, 3.63) is 35.8 Å². The largest absolute Gasteiger partial charge is 0.544 e. The summed E-state index contributed by atoms with van der Waals surface area (Å²) in [4.78, 5) is 0. The van der Waals surface area contributed by atoms with Crippen molar-refractivity contribution in [2.75, 3.05) is 6.61 Å². The number of rotatable bonds is 8. The molecule has 0 aliphatic carbocycles. The molecule has 0 spiro atoms. The molecule has 20 heavy (non-hydrogen) atoms. The van der Waals surface area contributed by atoms with Crippen LogP contribution in [0, 0.1) is 0 Å². The third-order valence-corrected chi connectivity index (χ3v) is 4.79. The van der Waals surface area contributed by atoms with Gasteiger partial charge in [0, 0.05) is 13.6 Å². The predicted octanol–water partition coefficient (Wildman–Crippen LogP) is 5.56. The lowest BCUT2D eigenvalue weighted by atomic mass is 10.3. The normalized spacial score (nSPS) is 14.2. The lowest BCUT2D eigenvalue weighted by Gasteiger charge is -2.22. The fourth-order valence-corrected chi connectivity index (χ4v) is 4.38. The molecule has 4 heteroatoms. The highest BCUT2D eigenvalue weighted by atomic mass is 28.4. The maximum atomic E-state index is 6.02. The lowest BCUT2D eigenvalue weighted by Crippen LogP contribution is -2.25. The number of hydrogen-bond donors (Lipinski definition) is 0. The molecule has 0 saturated heterocycles. The van der Waals surface area contributed by atoms with Gasteiger partial charge >= 0.3 is 0 Å². The van der Waals surface area contributed by atoms with Gasteiger partial charge in [-0.25, -0.2) is 0 Å². The van der Waals surface area contributed by atoms with Crippen LogP contribution in [-0.2, 0) is 9.16 Å². The average molecular weight is 313 g/mol. The van der Waals surface area contributed by atoms with E-state index >= 15 is 0 Å². The molecule has 0 atom stereocenters. The third-order valence-electron chi connectivity index (χ3n) is 2.39. The van der Waals surface area contributed by atoms with Gasteiger partial charge in [0.2, 0.25) is 8.32 Å². The molecule has 0 N–H and O–H groups in total. The minimum absolute atomic E-state index is 0.603. The van der Waals surface area contributed by atoms with Crippen molar-refractivity contribution in [2.45, 2.75) is 59.2 Å². The zero-order valence-electron chi connectivity index (χ0n) is 14.6. The van der Waals surface area contributed by atoms with Crippen LogP contribution in [0.3, 0.4) is 0 Å². The molecule has 0 aromatic heterocycles. The topological polar surface area (TPSA) is 18.5 Å². The molecule has 0 saturated carbocycles. The van der Waals surface area contributed by atoms with Crippen LogP contribution in [-0.4, -0.2) is 23.0 Å². The minimum atomic E-state index is -1.57. The summed E-state index contributed by atoms with van der Waals surface area (Å²) in [6.45, 7) is 22.3. The van der Waals surface area contributed by atoms with Gasteiger partial charge in [0.05, 0.1) is 6.26 Å². The second kappa shape index (κ2) is 7.88. The van der Waals surface area contributed by atoms with E-state index in [4.69, 9.17) is 9.16 Å².